The van der Waals surface area contributed by atoms with Crippen molar-refractivity contribution < 1.29 is 14.3 Å². The number of carbonyl (C=O) groups excluding carboxylic acids is 1. The van der Waals surface area contributed by atoms with Gasteiger partial charge in [0.1, 0.15) is 11.5 Å². The van der Waals surface area contributed by atoms with Crippen LogP contribution >= 0.6 is 0 Å². The standard InChI is InChI=1S/C26H28FN3O2/c1-5-19(25-16(2)7-6-8-23(25)27)12-20-13-21(14-29-18(20)4)22-15-30-24(11-17(22)3)26(32)28-9-10-31/h6-8,11-15,31H,5,9-10H2,1-4H3,(H,28,32)/b19-12+. The maximum Gasteiger partial charge on any atom is 0.269 e. The first-order chi connectivity index (χ1) is 15.3. The normalized spacial score (nSPS) is 11.5. The predicted molar refractivity (Wildman–Crippen MR) is 126 cm³/mol. The summed E-state index contributed by atoms with van der Waals surface area (Å²) in [5.41, 5.74) is 7.11. The first-order valence-electron chi connectivity index (χ1n) is 10.6. The summed E-state index contributed by atoms with van der Waals surface area (Å²) in [5, 5.41) is 11.5. The van der Waals surface area contributed by atoms with Gasteiger partial charge in [-0.1, -0.05) is 19.1 Å². The average Bonchev–Trinajstić information content (AvgIpc) is 2.77. The van der Waals surface area contributed by atoms with Gasteiger partial charge in [-0.25, -0.2) is 4.39 Å². The Morgan fingerprint density at radius 2 is 1.91 bits per heavy atom. The summed E-state index contributed by atoms with van der Waals surface area (Å²) >= 11 is 0. The zero-order valence-corrected chi connectivity index (χ0v) is 18.9. The molecule has 0 unspecified atom stereocenters. The quantitative estimate of drug-likeness (QED) is 0.557. The van der Waals surface area contributed by atoms with Gasteiger partial charge in [-0.2, -0.15) is 0 Å². The minimum Gasteiger partial charge on any atom is -0.395 e. The average molecular weight is 434 g/mol. The summed E-state index contributed by atoms with van der Waals surface area (Å²) in [5.74, 6) is -0.554. The number of hydrogen-bond donors (Lipinski definition) is 2. The van der Waals surface area contributed by atoms with Crippen LogP contribution in [0.5, 0.6) is 0 Å². The molecule has 2 heterocycles. The minimum absolute atomic E-state index is 0.125. The van der Waals surface area contributed by atoms with E-state index in [4.69, 9.17) is 5.11 Å². The Hall–Kier alpha value is -3.38. The fraction of sp³-hybridized carbons (Fsp3) is 0.269. The van der Waals surface area contributed by atoms with E-state index in [2.05, 4.69) is 15.3 Å². The molecular weight excluding hydrogens is 405 g/mol. The molecule has 1 aromatic carbocycles. The lowest BCUT2D eigenvalue weighted by molar-refractivity contribution is 0.0939. The van der Waals surface area contributed by atoms with Crippen molar-refractivity contribution in [3.63, 3.8) is 0 Å². The number of allylic oxidation sites excluding steroid dienone is 1. The number of aliphatic hydroxyl groups is 1. The van der Waals surface area contributed by atoms with E-state index in [1.54, 1.807) is 24.5 Å². The van der Waals surface area contributed by atoms with Crippen LogP contribution in [-0.2, 0) is 0 Å². The van der Waals surface area contributed by atoms with Crippen LogP contribution in [0.4, 0.5) is 4.39 Å². The van der Waals surface area contributed by atoms with Gasteiger partial charge in [-0.15, -0.1) is 0 Å². The van der Waals surface area contributed by atoms with Gasteiger partial charge in [0, 0.05) is 41.3 Å². The molecule has 2 aromatic heterocycles. The molecule has 166 valence electrons. The predicted octanol–water partition coefficient (Wildman–Crippen LogP) is 4.88. The van der Waals surface area contributed by atoms with Gasteiger partial charge in [0.15, 0.2) is 0 Å². The maximum absolute atomic E-state index is 14.6. The van der Waals surface area contributed by atoms with Crippen LogP contribution in [0, 0.1) is 26.6 Å². The SMILES string of the molecule is CC/C(=C\c1cc(-c2cnc(C(=O)NCCO)cc2C)cnc1C)c1c(C)cccc1F. The van der Waals surface area contributed by atoms with E-state index < -0.39 is 0 Å². The van der Waals surface area contributed by atoms with Gasteiger partial charge in [-0.3, -0.25) is 14.8 Å². The molecule has 0 atom stereocenters. The van der Waals surface area contributed by atoms with Crippen molar-refractivity contribution in [3.05, 3.63) is 82.2 Å². The summed E-state index contributed by atoms with van der Waals surface area (Å²) in [6.07, 6.45) is 6.12. The van der Waals surface area contributed by atoms with Crippen molar-refractivity contribution in [1.82, 2.24) is 15.3 Å². The topological polar surface area (TPSA) is 75.1 Å². The first-order valence-corrected chi connectivity index (χ1v) is 10.6. The van der Waals surface area contributed by atoms with Gasteiger partial charge >= 0.3 is 0 Å². The number of nitrogens with one attached hydrogen (secondary N) is 1. The molecule has 2 N–H and O–H groups in total. The molecule has 32 heavy (non-hydrogen) atoms. The highest BCUT2D eigenvalue weighted by molar-refractivity contribution is 5.93. The zero-order valence-electron chi connectivity index (χ0n) is 18.9. The number of carbonyl (C=O) groups is 1. The lowest BCUT2D eigenvalue weighted by Crippen LogP contribution is -2.27. The fourth-order valence-corrected chi connectivity index (χ4v) is 3.66. The van der Waals surface area contributed by atoms with Crippen molar-refractivity contribution in [2.45, 2.75) is 34.1 Å². The van der Waals surface area contributed by atoms with Crippen LogP contribution in [0.25, 0.3) is 22.8 Å². The monoisotopic (exact) mass is 433 g/mol. The van der Waals surface area contributed by atoms with E-state index >= 15 is 0 Å². The Balaban J connectivity index is 2.00. The molecule has 0 fully saturated rings. The highest BCUT2D eigenvalue weighted by Gasteiger charge is 2.13. The van der Waals surface area contributed by atoms with E-state index in [0.717, 1.165) is 39.1 Å². The van der Waals surface area contributed by atoms with Crippen molar-refractivity contribution in [3.8, 4) is 11.1 Å². The number of aromatic nitrogens is 2. The number of pyridine rings is 2. The molecule has 5 nitrogen and oxygen atoms in total. The van der Waals surface area contributed by atoms with Gasteiger partial charge in [0.25, 0.3) is 5.91 Å². The molecular formula is C26H28FN3O2. The molecule has 0 bridgehead atoms. The molecule has 3 aromatic rings. The second-order valence-corrected chi connectivity index (χ2v) is 7.72. The van der Waals surface area contributed by atoms with Gasteiger partial charge in [0.05, 0.1) is 6.61 Å². The molecule has 1 amide bonds. The lowest BCUT2D eigenvalue weighted by atomic mass is 9.94. The Morgan fingerprint density at radius 1 is 1.12 bits per heavy atom. The number of aliphatic hydroxyl groups excluding tert-OH is 1. The number of benzene rings is 1. The number of hydrogen-bond acceptors (Lipinski definition) is 4. The summed E-state index contributed by atoms with van der Waals surface area (Å²) in [6, 6.07) is 8.86. The van der Waals surface area contributed by atoms with Crippen LogP contribution in [-0.4, -0.2) is 34.1 Å². The van der Waals surface area contributed by atoms with Crippen LogP contribution in [0.3, 0.4) is 0 Å². The third kappa shape index (κ3) is 5.08. The highest BCUT2D eigenvalue weighted by atomic mass is 19.1. The molecule has 6 heteroatoms. The molecule has 0 aliphatic heterocycles. The van der Waals surface area contributed by atoms with Crippen molar-refractivity contribution in [2.24, 2.45) is 0 Å². The maximum atomic E-state index is 14.6. The number of rotatable bonds is 7. The van der Waals surface area contributed by atoms with Crippen molar-refractivity contribution in [2.75, 3.05) is 13.2 Å². The second kappa shape index (κ2) is 10.3. The Morgan fingerprint density at radius 3 is 2.56 bits per heavy atom. The summed E-state index contributed by atoms with van der Waals surface area (Å²) < 4.78 is 14.6. The Bertz CT molecular complexity index is 1150. The molecule has 0 aliphatic carbocycles. The molecule has 3 rings (SSSR count). The molecule has 0 saturated carbocycles. The van der Waals surface area contributed by atoms with Crippen LogP contribution in [0.1, 0.15) is 51.8 Å². The summed E-state index contributed by atoms with van der Waals surface area (Å²) in [4.78, 5) is 20.9. The first kappa shape index (κ1) is 23.3. The second-order valence-electron chi connectivity index (χ2n) is 7.72. The molecule has 0 saturated heterocycles. The Labute approximate surface area is 188 Å². The molecule has 0 radical (unpaired) electrons. The summed E-state index contributed by atoms with van der Waals surface area (Å²) in [7, 11) is 0. The zero-order chi connectivity index (χ0) is 23.3. The van der Waals surface area contributed by atoms with E-state index in [1.165, 1.54) is 6.07 Å². The van der Waals surface area contributed by atoms with Crippen LogP contribution in [0.15, 0.2) is 42.7 Å². The van der Waals surface area contributed by atoms with E-state index in [1.807, 2.05) is 45.9 Å². The van der Waals surface area contributed by atoms with E-state index in [9.17, 15) is 9.18 Å². The van der Waals surface area contributed by atoms with Crippen molar-refractivity contribution >= 4 is 17.6 Å². The highest BCUT2D eigenvalue weighted by Crippen LogP contribution is 2.30. The Kier molecular flexibility index (Phi) is 7.49. The van der Waals surface area contributed by atoms with E-state index in [-0.39, 0.29) is 24.9 Å². The smallest absolute Gasteiger partial charge is 0.269 e. The number of nitrogens with zero attached hydrogens (tertiary/aromatic N) is 2. The number of aryl methyl sites for hydroxylation is 3. The summed E-state index contributed by atoms with van der Waals surface area (Å²) in [6.45, 7) is 7.82. The largest absolute Gasteiger partial charge is 0.395 e. The van der Waals surface area contributed by atoms with Gasteiger partial charge < -0.3 is 10.4 Å². The van der Waals surface area contributed by atoms with Crippen molar-refractivity contribution in [1.29, 1.82) is 0 Å². The fourth-order valence-electron chi connectivity index (χ4n) is 3.66. The van der Waals surface area contributed by atoms with Crippen LogP contribution < -0.4 is 5.32 Å². The third-order valence-electron chi connectivity index (χ3n) is 5.43. The number of amides is 1. The van der Waals surface area contributed by atoms with Gasteiger partial charge in [-0.05, 0) is 73.7 Å². The van der Waals surface area contributed by atoms with Gasteiger partial charge in [0.2, 0.25) is 0 Å². The molecule has 0 spiro atoms. The number of halogens is 1. The van der Waals surface area contributed by atoms with E-state index in [0.29, 0.717) is 17.7 Å². The lowest BCUT2D eigenvalue weighted by Gasteiger charge is -2.13. The minimum atomic E-state index is -0.327. The third-order valence-corrected chi connectivity index (χ3v) is 5.43. The van der Waals surface area contributed by atoms with Crippen LogP contribution in [0.2, 0.25) is 0 Å². The molecule has 0 aliphatic rings.